The number of aryl methyl sites for hydroxylation is 1. The Morgan fingerprint density at radius 1 is 1.11 bits per heavy atom. The number of nitrogens with zero attached hydrogens (tertiary/aromatic N) is 1. The van der Waals surface area contributed by atoms with E-state index in [1.807, 2.05) is 36.4 Å². The van der Waals surface area contributed by atoms with Gasteiger partial charge >= 0.3 is 0 Å². The largest absolute Gasteiger partial charge is 0.497 e. The number of unbranched alkanes of at least 4 members (excludes halogenated alkanes) is 1. The van der Waals surface area contributed by atoms with Crippen LogP contribution in [0, 0.1) is 0 Å². The summed E-state index contributed by atoms with van der Waals surface area (Å²) >= 11 is 1.73. The molecule has 0 fully saturated rings. The van der Waals surface area contributed by atoms with Crippen molar-refractivity contribution in [3.05, 3.63) is 53.0 Å². The van der Waals surface area contributed by atoms with Crippen LogP contribution < -0.4 is 14.8 Å². The van der Waals surface area contributed by atoms with E-state index in [9.17, 15) is 4.79 Å². The van der Waals surface area contributed by atoms with E-state index < -0.39 is 0 Å². The first-order valence-electron chi connectivity index (χ1n) is 9.01. The Balaban J connectivity index is 1.42. The number of benzene rings is 2. The normalized spacial score (nSPS) is 10.7. The van der Waals surface area contributed by atoms with Gasteiger partial charge in [-0.3, -0.25) is 4.79 Å². The lowest BCUT2D eigenvalue weighted by Crippen LogP contribution is -2.22. The molecule has 3 rings (SSSR count). The summed E-state index contributed by atoms with van der Waals surface area (Å²) in [4.78, 5) is 16.8. The van der Waals surface area contributed by atoms with Crippen molar-refractivity contribution in [1.82, 2.24) is 10.3 Å². The molecule has 0 bridgehead atoms. The number of para-hydroxylation sites is 1. The average Bonchev–Trinajstić information content (AvgIpc) is 3.12. The molecule has 142 valence electrons. The second-order valence-corrected chi connectivity index (χ2v) is 7.35. The first kappa shape index (κ1) is 19.2. The molecule has 6 heteroatoms. The lowest BCUT2D eigenvalue weighted by molar-refractivity contribution is -0.121. The topological polar surface area (TPSA) is 60.5 Å². The van der Waals surface area contributed by atoms with Gasteiger partial charge in [-0.15, -0.1) is 11.3 Å². The van der Waals surface area contributed by atoms with Crippen LogP contribution in [0.1, 0.15) is 29.8 Å². The van der Waals surface area contributed by atoms with Gasteiger partial charge in [0.1, 0.15) is 11.5 Å². The van der Waals surface area contributed by atoms with Crippen molar-refractivity contribution in [2.24, 2.45) is 0 Å². The molecule has 0 spiro atoms. The number of amides is 1. The number of hydrogen-bond donors (Lipinski definition) is 1. The van der Waals surface area contributed by atoms with Gasteiger partial charge in [0, 0.05) is 18.5 Å². The molecule has 0 unspecified atom stereocenters. The Hall–Kier alpha value is -2.60. The van der Waals surface area contributed by atoms with E-state index in [0.29, 0.717) is 13.0 Å². The Morgan fingerprint density at radius 3 is 2.74 bits per heavy atom. The molecule has 1 heterocycles. The maximum Gasteiger partial charge on any atom is 0.220 e. The van der Waals surface area contributed by atoms with E-state index in [2.05, 4.69) is 16.4 Å². The quantitative estimate of drug-likeness (QED) is 0.558. The number of nitrogens with one attached hydrogen (secondary N) is 1. The third-order valence-corrected chi connectivity index (χ3v) is 5.44. The Kier molecular flexibility index (Phi) is 6.65. The summed E-state index contributed by atoms with van der Waals surface area (Å²) in [7, 11) is 3.24. The summed E-state index contributed by atoms with van der Waals surface area (Å²) in [6.07, 6.45) is 3.22. The minimum Gasteiger partial charge on any atom is -0.497 e. The van der Waals surface area contributed by atoms with Crippen molar-refractivity contribution in [1.29, 1.82) is 0 Å². The van der Waals surface area contributed by atoms with E-state index in [-0.39, 0.29) is 5.91 Å². The van der Waals surface area contributed by atoms with E-state index in [0.717, 1.165) is 46.8 Å². The molecule has 1 aromatic heterocycles. The van der Waals surface area contributed by atoms with Gasteiger partial charge in [-0.25, -0.2) is 4.98 Å². The van der Waals surface area contributed by atoms with Crippen molar-refractivity contribution in [3.8, 4) is 11.5 Å². The van der Waals surface area contributed by atoms with Crippen molar-refractivity contribution in [2.75, 3.05) is 14.2 Å². The van der Waals surface area contributed by atoms with Crippen LogP contribution in [-0.2, 0) is 17.8 Å². The predicted octanol–water partition coefficient (Wildman–Crippen LogP) is 4.34. The number of thiazole rings is 1. The van der Waals surface area contributed by atoms with E-state index in [1.54, 1.807) is 25.6 Å². The number of fused-ring (bicyclic) bond motifs is 1. The van der Waals surface area contributed by atoms with Gasteiger partial charge in [-0.2, -0.15) is 0 Å². The molecule has 0 aliphatic carbocycles. The molecule has 1 amide bonds. The van der Waals surface area contributed by atoms with Gasteiger partial charge in [0.15, 0.2) is 0 Å². The molecule has 2 aromatic carbocycles. The summed E-state index contributed by atoms with van der Waals surface area (Å²) in [6, 6.07) is 13.7. The Labute approximate surface area is 163 Å². The van der Waals surface area contributed by atoms with Gasteiger partial charge in [-0.05, 0) is 49.6 Å². The first-order chi connectivity index (χ1) is 13.2. The third-order valence-electron chi connectivity index (χ3n) is 4.35. The monoisotopic (exact) mass is 384 g/mol. The van der Waals surface area contributed by atoms with Crippen LogP contribution in [0.2, 0.25) is 0 Å². The minimum atomic E-state index is 0.0455. The lowest BCUT2D eigenvalue weighted by atomic mass is 10.1. The predicted molar refractivity (Wildman–Crippen MR) is 109 cm³/mol. The minimum absolute atomic E-state index is 0.0455. The van der Waals surface area contributed by atoms with E-state index in [1.165, 1.54) is 4.70 Å². The van der Waals surface area contributed by atoms with E-state index >= 15 is 0 Å². The second kappa shape index (κ2) is 9.37. The molecule has 0 saturated carbocycles. The summed E-state index contributed by atoms with van der Waals surface area (Å²) < 4.78 is 11.8. The van der Waals surface area contributed by atoms with Crippen molar-refractivity contribution in [2.45, 2.75) is 32.2 Å². The molecule has 3 aromatic rings. The fourth-order valence-corrected chi connectivity index (χ4v) is 3.90. The highest BCUT2D eigenvalue weighted by atomic mass is 32.1. The van der Waals surface area contributed by atoms with Crippen LogP contribution in [0.15, 0.2) is 42.5 Å². The number of ether oxygens (including phenoxy) is 2. The highest BCUT2D eigenvalue weighted by Crippen LogP contribution is 2.24. The fourth-order valence-electron chi connectivity index (χ4n) is 2.89. The number of rotatable bonds is 9. The van der Waals surface area contributed by atoms with Crippen LogP contribution in [0.25, 0.3) is 10.2 Å². The van der Waals surface area contributed by atoms with E-state index in [4.69, 9.17) is 9.47 Å². The van der Waals surface area contributed by atoms with Crippen LogP contribution in [0.5, 0.6) is 11.5 Å². The van der Waals surface area contributed by atoms with Gasteiger partial charge in [0.05, 0.1) is 29.4 Å². The molecular formula is C21H24N2O3S. The summed E-state index contributed by atoms with van der Waals surface area (Å²) in [5.74, 6) is 1.53. The molecule has 0 aliphatic rings. The highest BCUT2D eigenvalue weighted by molar-refractivity contribution is 7.18. The summed E-state index contributed by atoms with van der Waals surface area (Å²) in [5, 5.41) is 4.09. The standard InChI is InChI=1S/C21H24N2O3S/c1-25-16-11-12-18(26-2)15(13-16)14-22-20(24)9-5-6-10-21-23-17-7-3-4-8-19(17)27-21/h3-4,7-8,11-13H,5-6,9-10,14H2,1-2H3,(H,22,24). The molecular weight excluding hydrogens is 360 g/mol. The zero-order chi connectivity index (χ0) is 19.1. The van der Waals surface area contributed by atoms with Crippen LogP contribution in [-0.4, -0.2) is 25.1 Å². The maximum atomic E-state index is 12.1. The Bertz CT molecular complexity index is 874. The fraction of sp³-hybridized carbons (Fsp3) is 0.333. The number of aromatic nitrogens is 1. The van der Waals surface area contributed by atoms with Gasteiger partial charge in [0.2, 0.25) is 5.91 Å². The first-order valence-corrected chi connectivity index (χ1v) is 9.83. The van der Waals surface area contributed by atoms with Gasteiger partial charge < -0.3 is 14.8 Å². The zero-order valence-electron chi connectivity index (χ0n) is 15.7. The van der Waals surface area contributed by atoms with Crippen LogP contribution >= 0.6 is 11.3 Å². The number of hydrogen-bond acceptors (Lipinski definition) is 5. The molecule has 27 heavy (non-hydrogen) atoms. The van der Waals surface area contributed by atoms with Crippen LogP contribution in [0.4, 0.5) is 0 Å². The zero-order valence-corrected chi connectivity index (χ0v) is 16.5. The average molecular weight is 385 g/mol. The summed E-state index contributed by atoms with van der Waals surface area (Å²) in [5.41, 5.74) is 1.96. The molecule has 5 nitrogen and oxygen atoms in total. The number of carbonyl (C=O) groups is 1. The number of carbonyl (C=O) groups excluding carboxylic acids is 1. The SMILES string of the molecule is COc1ccc(OC)c(CNC(=O)CCCCc2nc3ccccc3s2)c1. The van der Waals surface area contributed by atoms with Gasteiger partial charge in [0.25, 0.3) is 0 Å². The molecule has 0 radical (unpaired) electrons. The third kappa shape index (κ3) is 5.20. The van der Waals surface area contributed by atoms with Crippen molar-refractivity contribution in [3.63, 3.8) is 0 Å². The highest BCUT2D eigenvalue weighted by Gasteiger charge is 2.08. The number of methoxy groups -OCH3 is 2. The molecule has 0 aliphatic heterocycles. The molecule has 1 N–H and O–H groups in total. The molecule has 0 atom stereocenters. The van der Waals surface area contributed by atoms with Crippen molar-refractivity contribution < 1.29 is 14.3 Å². The smallest absolute Gasteiger partial charge is 0.220 e. The Morgan fingerprint density at radius 2 is 1.96 bits per heavy atom. The van der Waals surface area contributed by atoms with Crippen molar-refractivity contribution >= 4 is 27.5 Å². The lowest BCUT2D eigenvalue weighted by Gasteiger charge is -2.11. The second-order valence-electron chi connectivity index (χ2n) is 6.24. The summed E-state index contributed by atoms with van der Waals surface area (Å²) in [6.45, 7) is 0.428. The maximum absolute atomic E-state index is 12.1. The van der Waals surface area contributed by atoms with Gasteiger partial charge in [-0.1, -0.05) is 12.1 Å². The molecule has 0 saturated heterocycles. The van der Waals surface area contributed by atoms with Crippen LogP contribution in [0.3, 0.4) is 0 Å².